The number of rotatable bonds is 26. The maximum absolute atomic E-state index is 10.3. The van der Waals surface area contributed by atoms with E-state index in [0.29, 0.717) is 12.8 Å². The minimum Gasteiger partial charge on any atom is -0.481 e. The lowest BCUT2D eigenvalue weighted by Crippen LogP contribution is -1.93. The Hall–Kier alpha value is -1.58. The molecule has 0 spiro atoms. The van der Waals surface area contributed by atoms with Gasteiger partial charge in [-0.05, 0) is 64.2 Å². The average Bonchev–Trinajstić information content (AvgIpc) is 2.85. The molecule has 4 nitrogen and oxygen atoms in total. The highest BCUT2D eigenvalue weighted by atomic mass is 16.4. The Bertz CT molecular complexity index is 464. The van der Waals surface area contributed by atoms with Crippen LogP contribution in [-0.4, -0.2) is 22.2 Å². The molecule has 0 amide bonds. The fraction of sp³-hybridized carbons (Fsp3) is 0.812. The fourth-order valence-electron chi connectivity index (χ4n) is 3.99. The van der Waals surface area contributed by atoms with Gasteiger partial charge in [0.25, 0.3) is 0 Å². The number of carbonyl (C=O) groups is 2. The van der Waals surface area contributed by atoms with Gasteiger partial charge in [0.1, 0.15) is 0 Å². The van der Waals surface area contributed by atoms with E-state index < -0.39 is 11.9 Å². The molecule has 2 N–H and O–H groups in total. The van der Waals surface area contributed by atoms with Gasteiger partial charge in [0.15, 0.2) is 0 Å². The largest absolute Gasteiger partial charge is 0.481 e. The van der Waals surface area contributed by atoms with Crippen molar-refractivity contribution < 1.29 is 19.8 Å². The first kappa shape index (κ1) is 36.6. The molecule has 212 valence electrons. The Morgan fingerprint density at radius 3 is 0.944 bits per heavy atom. The topological polar surface area (TPSA) is 74.6 Å². The maximum Gasteiger partial charge on any atom is 0.303 e. The Morgan fingerprint density at radius 1 is 0.417 bits per heavy atom. The van der Waals surface area contributed by atoms with Crippen LogP contribution in [0.4, 0.5) is 0 Å². The molecule has 0 aliphatic carbocycles. The van der Waals surface area contributed by atoms with Crippen molar-refractivity contribution in [3.05, 3.63) is 24.3 Å². The molecule has 0 saturated carbocycles. The molecule has 0 aromatic carbocycles. The van der Waals surface area contributed by atoms with Crippen LogP contribution in [0.25, 0.3) is 0 Å². The van der Waals surface area contributed by atoms with Gasteiger partial charge >= 0.3 is 11.9 Å². The van der Waals surface area contributed by atoms with Gasteiger partial charge in [-0.25, -0.2) is 0 Å². The van der Waals surface area contributed by atoms with Crippen molar-refractivity contribution >= 4 is 11.9 Å². The second kappa shape index (κ2) is 33.4. The Balaban J connectivity index is 0. The Labute approximate surface area is 224 Å². The molecule has 0 unspecified atom stereocenters. The summed E-state index contributed by atoms with van der Waals surface area (Å²) < 4.78 is 0. The van der Waals surface area contributed by atoms with E-state index in [9.17, 15) is 9.59 Å². The molecule has 0 aliphatic rings. The van der Waals surface area contributed by atoms with Crippen molar-refractivity contribution in [2.75, 3.05) is 0 Å². The minimum absolute atomic E-state index is 0.331. The summed E-state index contributed by atoms with van der Waals surface area (Å²) in [7, 11) is 0. The number of unbranched alkanes of at least 4 members (excludes halogenated alkanes) is 18. The highest BCUT2D eigenvalue weighted by Gasteiger charge is 1.96. The van der Waals surface area contributed by atoms with Gasteiger partial charge in [-0.1, -0.05) is 115 Å². The first-order valence-corrected chi connectivity index (χ1v) is 15.3. The number of carboxylic acid groups (broad SMARTS) is 2. The van der Waals surface area contributed by atoms with Crippen LogP contribution in [0.5, 0.6) is 0 Å². The third-order valence-corrected chi connectivity index (χ3v) is 6.30. The number of allylic oxidation sites excluding steroid dienone is 4. The van der Waals surface area contributed by atoms with E-state index in [0.717, 1.165) is 25.7 Å². The summed E-state index contributed by atoms with van der Waals surface area (Å²) in [4.78, 5) is 20.6. The van der Waals surface area contributed by atoms with Gasteiger partial charge in [0, 0.05) is 12.8 Å². The van der Waals surface area contributed by atoms with Crippen molar-refractivity contribution in [2.45, 2.75) is 168 Å². The summed E-state index contributed by atoms with van der Waals surface area (Å²) in [6.45, 7) is 4.48. The number of aliphatic carboxylic acids is 2. The summed E-state index contributed by atoms with van der Waals surface area (Å²) in [6.07, 6.45) is 36.6. The summed E-state index contributed by atoms with van der Waals surface area (Å²) in [5.74, 6) is -1.33. The monoisotopic (exact) mass is 508 g/mol. The van der Waals surface area contributed by atoms with Gasteiger partial charge in [-0.15, -0.1) is 0 Å². The van der Waals surface area contributed by atoms with Crippen LogP contribution >= 0.6 is 0 Å². The zero-order valence-electron chi connectivity index (χ0n) is 24.0. The first-order valence-electron chi connectivity index (χ1n) is 15.3. The van der Waals surface area contributed by atoms with Crippen molar-refractivity contribution in [2.24, 2.45) is 0 Å². The second-order valence-electron chi connectivity index (χ2n) is 10.0. The SMILES string of the molecule is CCCCCC/C=C\CCCCCCCC(=O)O.CCCCCCC=CCCCCCCCC(=O)O. The smallest absolute Gasteiger partial charge is 0.303 e. The second-order valence-corrected chi connectivity index (χ2v) is 10.0. The molecule has 0 aromatic heterocycles. The Kier molecular flexibility index (Phi) is 34.0. The number of hydrogen-bond donors (Lipinski definition) is 2. The van der Waals surface area contributed by atoms with E-state index >= 15 is 0 Å². The average molecular weight is 509 g/mol. The summed E-state index contributed by atoms with van der Waals surface area (Å²) >= 11 is 0. The molecule has 4 heteroatoms. The third kappa shape index (κ3) is 39.6. The normalized spacial score (nSPS) is 11.2. The molecule has 0 aliphatic heterocycles. The van der Waals surface area contributed by atoms with Crippen LogP contribution in [0.3, 0.4) is 0 Å². The molecule has 0 aromatic rings. The third-order valence-electron chi connectivity index (χ3n) is 6.30. The van der Waals surface area contributed by atoms with Crippen LogP contribution in [0, 0.1) is 0 Å². The summed E-state index contributed by atoms with van der Waals surface area (Å²) in [5, 5.41) is 17.0. The minimum atomic E-state index is -0.666. The van der Waals surface area contributed by atoms with Crippen molar-refractivity contribution in [1.82, 2.24) is 0 Å². The number of hydrogen-bond acceptors (Lipinski definition) is 2. The van der Waals surface area contributed by atoms with E-state index in [1.54, 1.807) is 0 Å². The molecular formula is C32H60O4. The maximum atomic E-state index is 10.3. The predicted molar refractivity (Wildman–Crippen MR) is 156 cm³/mol. The quantitative estimate of drug-likeness (QED) is 0.0899. The van der Waals surface area contributed by atoms with Gasteiger partial charge in [-0.2, -0.15) is 0 Å². The van der Waals surface area contributed by atoms with Gasteiger partial charge < -0.3 is 10.2 Å². The molecule has 0 fully saturated rings. The highest BCUT2D eigenvalue weighted by Crippen LogP contribution is 2.10. The Morgan fingerprint density at radius 2 is 0.667 bits per heavy atom. The standard InChI is InChI=1S/2C16H30O2/c2*1-2-3-4-5-6-7-8-9-10-11-12-13-14-15-16(17)18/h2*7-8H,2-6,9-15H2,1H3,(H,17,18)/b8-7-;. The van der Waals surface area contributed by atoms with E-state index in [2.05, 4.69) is 38.2 Å². The molecule has 0 atom stereocenters. The molecule has 0 heterocycles. The van der Waals surface area contributed by atoms with E-state index in [1.165, 1.54) is 116 Å². The van der Waals surface area contributed by atoms with Crippen LogP contribution in [0.2, 0.25) is 0 Å². The van der Waals surface area contributed by atoms with Gasteiger partial charge in [-0.3, -0.25) is 9.59 Å². The van der Waals surface area contributed by atoms with Crippen LogP contribution in [0.15, 0.2) is 24.3 Å². The number of carboxylic acids is 2. The lowest BCUT2D eigenvalue weighted by molar-refractivity contribution is -0.138. The molecule has 0 radical (unpaired) electrons. The molecule has 0 rings (SSSR count). The fourth-order valence-corrected chi connectivity index (χ4v) is 3.99. The van der Waals surface area contributed by atoms with Crippen molar-refractivity contribution in [3.63, 3.8) is 0 Å². The zero-order valence-corrected chi connectivity index (χ0v) is 24.0. The van der Waals surface area contributed by atoms with Gasteiger partial charge in [0.05, 0.1) is 0 Å². The zero-order chi connectivity index (χ0) is 27.0. The van der Waals surface area contributed by atoms with E-state index in [4.69, 9.17) is 10.2 Å². The van der Waals surface area contributed by atoms with Crippen molar-refractivity contribution in [1.29, 1.82) is 0 Å². The van der Waals surface area contributed by atoms with E-state index in [-0.39, 0.29) is 0 Å². The van der Waals surface area contributed by atoms with E-state index in [1.807, 2.05) is 0 Å². The van der Waals surface area contributed by atoms with Crippen LogP contribution in [0.1, 0.15) is 168 Å². The van der Waals surface area contributed by atoms with Gasteiger partial charge in [0.2, 0.25) is 0 Å². The molecule has 36 heavy (non-hydrogen) atoms. The summed E-state index contributed by atoms with van der Waals surface area (Å²) in [5.41, 5.74) is 0. The highest BCUT2D eigenvalue weighted by molar-refractivity contribution is 5.66. The first-order chi connectivity index (χ1) is 17.5. The molecule has 0 bridgehead atoms. The van der Waals surface area contributed by atoms with Crippen LogP contribution < -0.4 is 0 Å². The predicted octanol–water partition coefficient (Wildman–Crippen LogP) is 10.7. The molecular weight excluding hydrogens is 448 g/mol. The lowest BCUT2D eigenvalue weighted by Gasteiger charge is -1.98. The molecule has 0 saturated heterocycles. The van der Waals surface area contributed by atoms with Crippen molar-refractivity contribution in [3.8, 4) is 0 Å². The lowest BCUT2D eigenvalue weighted by atomic mass is 10.1. The summed E-state index contributed by atoms with van der Waals surface area (Å²) in [6, 6.07) is 0. The van der Waals surface area contributed by atoms with Crippen LogP contribution in [-0.2, 0) is 9.59 Å².